The fraction of sp³-hybridized carbons (Fsp3) is 0.385. The highest BCUT2D eigenvalue weighted by atomic mass is 32.2. The van der Waals surface area contributed by atoms with Crippen LogP contribution in [0.4, 0.5) is 0 Å². The van der Waals surface area contributed by atoms with Gasteiger partial charge in [-0.2, -0.15) is 0 Å². The van der Waals surface area contributed by atoms with Crippen molar-refractivity contribution in [2.75, 3.05) is 0 Å². The van der Waals surface area contributed by atoms with Crippen LogP contribution in [0.1, 0.15) is 24.1 Å². The Hall–Kier alpha value is -1.33. The molecule has 2 aromatic heterocycles. The van der Waals surface area contributed by atoms with Gasteiger partial charge >= 0.3 is 0 Å². The number of hydrogen-bond donors (Lipinski definition) is 1. The zero-order valence-corrected chi connectivity index (χ0v) is 11.0. The number of hydrogen-bond acceptors (Lipinski definition) is 5. The first-order valence-corrected chi connectivity index (χ1v) is 6.89. The van der Waals surface area contributed by atoms with Crippen molar-refractivity contribution >= 4 is 11.8 Å². The largest absolute Gasteiger partial charge is 0.439 e. The highest BCUT2D eigenvalue weighted by Crippen LogP contribution is 2.25. The molecule has 1 N–H and O–H groups in total. The Labute approximate surface area is 110 Å². The van der Waals surface area contributed by atoms with E-state index in [4.69, 9.17) is 4.42 Å². The molecule has 1 saturated carbocycles. The lowest BCUT2D eigenvalue weighted by Gasteiger charge is -2.03. The lowest BCUT2D eigenvalue weighted by molar-refractivity contribution is 0.454. The lowest BCUT2D eigenvalue weighted by Crippen LogP contribution is -2.15. The topological polar surface area (TPSA) is 51.0 Å². The molecule has 1 aliphatic carbocycles. The number of aryl methyl sites for hydroxylation is 1. The van der Waals surface area contributed by atoms with Gasteiger partial charge in [-0.3, -0.25) is 0 Å². The van der Waals surface area contributed by atoms with E-state index >= 15 is 0 Å². The van der Waals surface area contributed by atoms with Crippen LogP contribution in [-0.2, 0) is 6.54 Å². The van der Waals surface area contributed by atoms with E-state index in [0.29, 0.717) is 5.22 Å². The highest BCUT2D eigenvalue weighted by molar-refractivity contribution is 7.99. The molecule has 2 aromatic rings. The fourth-order valence-corrected chi connectivity index (χ4v) is 2.30. The van der Waals surface area contributed by atoms with Crippen LogP contribution in [0, 0.1) is 6.92 Å². The maximum absolute atomic E-state index is 5.29. The zero-order chi connectivity index (χ0) is 12.4. The first-order valence-electron chi connectivity index (χ1n) is 6.08. The van der Waals surface area contributed by atoms with Crippen molar-refractivity contribution in [3.63, 3.8) is 0 Å². The van der Waals surface area contributed by atoms with E-state index in [-0.39, 0.29) is 0 Å². The molecule has 1 aliphatic rings. The summed E-state index contributed by atoms with van der Waals surface area (Å²) in [6.07, 6.45) is 6.18. The molecule has 0 bridgehead atoms. The van der Waals surface area contributed by atoms with Crippen LogP contribution < -0.4 is 5.32 Å². The molecule has 4 nitrogen and oxygen atoms in total. The molecule has 18 heavy (non-hydrogen) atoms. The Kier molecular flexibility index (Phi) is 3.34. The summed E-state index contributed by atoms with van der Waals surface area (Å²) < 4.78 is 5.29. The molecular formula is C13H15N3OS. The molecule has 0 amide bonds. The van der Waals surface area contributed by atoms with Crippen molar-refractivity contribution in [1.82, 2.24) is 15.3 Å². The van der Waals surface area contributed by atoms with Gasteiger partial charge in [-0.05, 0) is 43.2 Å². The Balaban J connectivity index is 1.59. The second kappa shape index (κ2) is 5.12. The summed E-state index contributed by atoms with van der Waals surface area (Å²) in [7, 11) is 0. The number of rotatable bonds is 5. The summed E-state index contributed by atoms with van der Waals surface area (Å²) in [4.78, 5) is 8.64. The Morgan fingerprint density at radius 3 is 2.94 bits per heavy atom. The average Bonchev–Trinajstić information content (AvgIpc) is 3.12. The third kappa shape index (κ3) is 3.11. The molecule has 2 heterocycles. The van der Waals surface area contributed by atoms with E-state index in [0.717, 1.165) is 23.3 Å². The fourth-order valence-electron chi connectivity index (χ4n) is 1.59. The van der Waals surface area contributed by atoms with Gasteiger partial charge < -0.3 is 9.73 Å². The Bertz CT molecular complexity index is 519. The first-order chi connectivity index (χ1) is 8.79. The molecule has 94 valence electrons. The minimum absolute atomic E-state index is 0.642. The van der Waals surface area contributed by atoms with Crippen molar-refractivity contribution in [2.45, 2.75) is 42.6 Å². The summed E-state index contributed by atoms with van der Waals surface area (Å²) >= 11 is 1.44. The van der Waals surface area contributed by atoms with E-state index in [1.165, 1.54) is 30.2 Å². The maximum Gasteiger partial charge on any atom is 0.262 e. The van der Waals surface area contributed by atoms with E-state index in [2.05, 4.69) is 21.4 Å². The van der Waals surface area contributed by atoms with Gasteiger partial charge in [0, 0.05) is 18.8 Å². The summed E-state index contributed by atoms with van der Waals surface area (Å²) in [5.74, 6) is 0. The summed E-state index contributed by atoms with van der Waals surface area (Å²) in [6.45, 7) is 2.81. The molecule has 0 aliphatic heterocycles. The standard InChI is InChI=1S/C13H15N3OS/c1-9-8-17-13(16-9)18-12-5-2-10(7-15-12)6-14-11-3-4-11/h2,5,7-8,11,14H,3-4,6H2,1H3. The number of pyridine rings is 1. The van der Waals surface area contributed by atoms with Crippen LogP contribution in [-0.4, -0.2) is 16.0 Å². The van der Waals surface area contributed by atoms with Crippen LogP contribution >= 0.6 is 11.8 Å². The quantitative estimate of drug-likeness (QED) is 0.897. The highest BCUT2D eigenvalue weighted by Gasteiger charge is 2.19. The molecular weight excluding hydrogens is 246 g/mol. The van der Waals surface area contributed by atoms with Crippen molar-refractivity contribution in [3.05, 3.63) is 35.9 Å². The molecule has 0 unspecified atom stereocenters. The Morgan fingerprint density at radius 2 is 2.33 bits per heavy atom. The predicted molar refractivity (Wildman–Crippen MR) is 69.5 cm³/mol. The van der Waals surface area contributed by atoms with Crippen LogP contribution in [0.5, 0.6) is 0 Å². The first kappa shape index (κ1) is 11.7. The van der Waals surface area contributed by atoms with Crippen molar-refractivity contribution in [2.24, 2.45) is 0 Å². The van der Waals surface area contributed by atoms with Crippen molar-refractivity contribution in [1.29, 1.82) is 0 Å². The lowest BCUT2D eigenvalue weighted by atomic mass is 10.3. The van der Waals surface area contributed by atoms with Gasteiger partial charge in [0.25, 0.3) is 5.22 Å². The van der Waals surface area contributed by atoms with Gasteiger partial charge in [0.15, 0.2) is 0 Å². The molecule has 0 radical (unpaired) electrons. The predicted octanol–water partition coefficient (Wildman–Crippen LogP) is 2.78. The third-order valence-electron chi connectivity index (χ3n) is 2.76. The van der Waals surface area contributed by atoms with E-state index < -0.39 is 0 Å². The molecule has 5 heteroatoms. The molecule has 0 atom stereocenters. The number of oxazole rings is 1. The summed E-state index contributed by atoms with van der Waals surface area (Å²) in [5.41, 5.74) is 2.11. The zero-order valence-electron chi connectivity index (χ0n) is 10.2. The van der Waals surface area contributed by atoms with Crippen LogP contribution in [0.3, 0.4) is 0 Å². The second-order valence-corrected chi connectivity index (χ2v) is 5.49. The van der Waals surface area contributed by atoms with Gasteiger partial charge in [0.2, 0.25) is 0 Å². The SMILES string of the molecule is Cc1coc(Sc2ccc(CNC3CC3)cn2)n1. The number of nitrogens with zero attached hydrogens (tertiary/aromatic N) is 2. The van der Waals surface area contributed by atoms with Gasteiger partial charge in [-0.15, -0.1) is 0 Å². The van der Waals surface area contributed by atoms with E-state index in [1.807, 2.05) is 19.2 Å². The minimum Gasteiger partial charge on any atom is -0.439 e. The summed E-state index contributed by atoms with van der Waals surface area (Å²) in [6, 6.07) is 4.84. The van der Waals surface area contributed by atoms with Gasteiger partial charge in [0.1, 0.15) is 11.3 Å². The third-order valence-corrected chi connectivity index (χ3v) is 3.57. The van der Waals surface area contributed by atoms with Crippen molar-refractivity contribution in [3.8, 4) is 0 Å². The molecule has 3 rings (SSSR count). The van der Waals surface area contributed by atoms with Crippen LogP contribution in [0.25, 0.3) is 0 Å². The van der Waals surface area contributed by atoms with E-state index in [9.17, 15) is 0 Å². The van der Waals surface area contributed by atoms with Gasteiger partial charge in [-0.25, -0.2) is 9.97 Å². The molecule has 0 saturated heterocycles. The van der Waals surface area contributed by atoms with Crippen molar-refractivity contribution < 1.29 is 4.42 Å². The smallest absolute Gasteiger partial charge is 0.262 e. The Morgan fingerprint density at radius 1 is 1.44 bits per heavy atom. The number of nitrogens with one attached hydrogen (secondary N) is 1. The van der Waals surface area contributed by atoms with Gasteiger partial charge in [0.05, 0.1) is 5.69 Å². The van der Waals surface area contributed by atoms with Crippen LogP contribution in [0.2, 0.25) is 0 Å². The van der Waals surface area contributed by atoms with Crippen LogP contribution in [0.15, 0.2) is 39.3 Å². The summed E-state index contributed by atoms with van der Waals surface area (Å²) in [5, 5.41) is 5.02. The van der Waals surface area contributed by atoms with Gasteiger partial charge in [-0.1, -0.05) is 6.07 Å². The monoisotopic (exact) mass is 261 g/mol. The number of aromatic nitrogens is 2. The minimum atomic E-state index is 0.642. The second-order valence-electron chi connectivity index (χ2n) is 4.52. The normalized spacial score (nSPS) is 14.9. The molecule has 1 fully saturated rings. The molecule has 0 spiro atoms. The average molecular weight is 261 g/mol. The molecule has 0 aromatic carbocycles. The maximum atomic E-state index is 5.29. The van der Waals surface area contributed by atoms with E-state index in [1.54, 1.807) is 6.26 Å².